The van der Waals surface area contributed by atoms with Crippen LogP contribution in [-0.4, -0.2) is 34.7 Å². The summed E-state index contributed by atoms with van der Waals surface area (Å²) in [7, 11) is 0. The summed E-state index contributed by atoms with van der Waals surface area (Å²) in [5.41, 5.74) is 1.08. The molecule has 6 nitrogen and oxygen atoms in total. The van der Waals surface area contributed by atoms with Crippen LogP contribution in [0.15, 0.2) is 54.9 Å². The van der Waals surface area contributed by atoms with Crippen LogP contribution < -0.4 is 10.1 Å². The van der Waals surface area contributed by atoms with Gasteiger partial charge in [0.05, 0.1) is 12.7 Å². The maximum absolute atomic E-state index is 12.3. The van der Waals surface area contributed by atoms with Gasteiger partial charge in [0.15, 0.2) is 0 Å². The van der Waals surface area contributed by atoms with Crippen LogP contribution in [0.25, 0.3) is 10.8 Å². The predicted molar refractivity (Wildman–Crippen MR) is 103 cm³/mol. The number of carbonyl (C=O) groups excluding carboxylic acids is 1. The van der Waals surface area contributed by atoms with E-state index in [4.69, 9.17) is 9.47 Å². The third kappa shape index (κ3) is 4.06. The number of nitrogens with zero attached hydrogens (tertiary/aromatic N) is 2. The van der Waals surface area contributed by atoms with Gasteiger partial charge in [-0.15, -0.1) is 0 Å². The number of rotatable bonds is 4. The van der Waals surface area contributed by atoms with E-state index in [0.29, 0.717) is 23.9 Å². The Bertz CT molecular complexity index is 946. The van der Waals surface area contributed by atoms with Crippen molar-refractivity contribution in [3.63, 3.8) is 0 Å². The number of hydrogen-bond donors (Lipinski definition) is 1. The van der Waals surface area contributed by atoms with Gasteiger partial charge in [0, 0.05) is 36.3 Å². The van der Waals surface area contributed by atoms with Gasteiger partial charge in [0.1, 0.15) is 11.8 Å². The van der Waals surface area contributed by atoms with Crippen LogP contribution in [0.4, 0.5) is 5.69 Å². The van der Waals surface area contributed by atoms with Crippen molar-refractivity contribution in [3.05, 3.63) is 60.6 Å². The van der Waals surface area contributed by atoms with Gasteiger partial charge >= 0.3 is 0 Å². The fourth-order valence-electron chi connectivity index (χ4n) is 3.24. The lowest BCUT2D eigenvalue weighted by molar-refractivity contribution is -0.0259. The van der Waals surface area contributed by atoms with Crippen molar-refractivity contribution in [2.75, 3.05) is 11.9 Å². The number of benzene rings is 1. The minimum Gasteiger partial charge on any atom is -0.474 e. The summed E-state index contributed by atoms with van der Waals surface area (Å²) in [5.74, 6) is 0.380. The molecule has 3 aromatic rings. The molecule has 2 atom stereocenters. The highest BCUT2D eigenvalue weighted by molar-refractivity contribution is 6.04. The summed E-state index contributed by atoms with van der Waals surface area (Å²) in [6.07, 6.45) is 5.35. The predicted octanol–water partition coefficient (Wildman–Crippen LogP) is 3.83. The molecule has 0 saturated carbocycles. The molecule has 1 aliphatic rings. The van der Waals surface area contributed by atoms with E-state index in [1.165, 1.54) is 0 Å². The SMILES string of the molecule is CC1CC(Oc2nccc3cc(NC(=O)c4ccccn4)ccc23)CCO1. The zero-order chi connectivity index (χ0) is 18.6. The zero-order valence-corrected chi connectivity index (χ0v) is 15.1. The molecule has 0 aliphatic carbocycles. The third-order valence-corrected chi connectivity index (χ3v) is 4.60. The van der Waals surface area contributed by atoms with E-state index in [1.807, 2.05) is 24.3 Å². The minimum absolute atomic E-state index is 0.107. The lowest BCUT2D eigenvalue weighted by atomic mass is 10.1. The van der Waals surface area contributed by atoms with Crippen molar-refractivity contribution >= 4 is 22.4 Å². The second-order valence-corrected chi connectivity index (χ2v) is 6.67. The molecule has 1 amide bonds. The van der Waals surface area contributed by atoms with Gasteiger partial charge in [-0.2, -0.15) is 0 Å². The lowest BCUT2D eigenvalue weighted by Crippen LogP contribution is -2.31. The van der Waals surface area contributed by atoms with Crippen LogP contribution in [0.1, 0.15) is 30.3 Å². The fourth-order valence-corrected chi connectivity index (χ4v) is 3.24. The first-order valence-corrected chi connectivity index (χ1v) is 9.08. The van der Waals surface area contributed by atoms with E-state index >= 15 is 0 Å². The number of hydrogen-bond acceptors (Lipinski definition) is 5. The highest BCUT2D eigenvalue weighted by Crippen LogP contribution is 2.28. The smallest absolute Gasteiger partial charge is 0.274 e. The Labute approximate surface area is 157 Å². The van der Waals surface area contributed by atoms with Crippen molar-refractivity contribution in [2.24, 2.45) is 0 Å². The van der Waals surface area contributed by atoms with Crippen molar-refractivity contribution < 1.29 is 14.3 Å². The van der Waals surface area contributed by atoms with Crippen LogP contribution in [0.3, 0.4) is 0 Å². The van der Waals surface area contributed by atoms with Gasteiger partial charge in [0.2, 0.25) is 5.88 Å². The molecule has 4 rings (SSSR count). The Hall–Kier alpha value is -2.99. The number of pyridine rings is 2. The van der Waals surface area contributed by atoms with Gasteiger partial charge < -0.3 is 14.8 Å². The maximum atomic E-state index is 12.3. The van der Waals surface area contributed by atoms with Crippen LogP contribution in [0.2, 0.25) is 0 Å². The van der Waals surface area contributed by atoms with Crippen molar-refractivity contribution in [1.29, 1.82) is 0 Å². The zero-order valence-electron chi connectivity index (χ0n) is 15.1. The molecule has 1 aliphatic heterocycles. The van der Waals surface area contributed by atoms with E-state index in [1.54, 1.807) is 30.6 Å². The minimum atomic E-state index is -0.239. The first-order chi connectivity index (χ1) is 13.2. The molecule has 138 valence electrons. The van der Waals surface area contributed by atoms with Crippen molar-refractivity contribution in [3.8, 4) is 5.88 Å². The summed E-state index contributed by atoms with van der Waals surface area (Å²) in [6, 6.07) is 12.8. The van der Waals surface area contributed by atoms with E-state index in [9.17, 15) is 4.79 Å². The number of aromatic nitrogens is 2. The molecule has 1 saturated heterocycles. The molecular formula is C21H21N3O3. The molecule has 1 fully saturated rings. The molecule has 1 N–H and O–H groups in total. The Kier molecular flexibility index (Phi) is 4.98. The van der Waals surface area contributed by atoms with Gasteiger partial charge in [-0.05, 0) is 48.7 Å². The van der Waals surface area contributed by atoms with Crippen LogP contribution in [-0.2, 0) is 4.74 Å². The maximum Gasteiger partial charge on any atom is 0.274 e. The van der Waals surface area contributed by atoms with Gasteiger partial charge in [-0.3, -0.25) is 9.78 Å². The third-order valence-electron chi connectivity index (χ3n) is 4.60. The van der Waals surface area contributed by atoms with E-state index in [2.05, 4.69) is 22.2 Å². The first kappa shape index (κ1) is 17.4. The number of nitrogens with one attached hydrogen (secondary N) is 1. The van der Waals surface area contributed by atoms with Gasteiger partial charge in [-0.1, -0.05) is 6.07 Å². The second-order valence-electron chi connectivity index (χ2n) is 6.67. The first-order valence-electron chi connectivity index (χ1n) is 9.08. The average Bonchev–Trinajstić information content (AvgIpc) is 2.69. The number of carbonyl (C=O) groups is 1. The lowest BCUT2D eigenvalue weighted by Gasteiger charge is -2.27. The molecule has 3 heterocycles. The normalized spacial score (nSPS) is 19.6. The van der Waals surface area contributed by atoms with E-state index in [-0.39, 0.29) is 18.1 Å². The molecule has 0 bridgehead atoms. The summed E-state index contributed by atoms with van der Waals surface area (Å²) in [4.78, 5) is 20.8. The number of fused-ring (bicyclic) bond motifs is 1. The molecule has 2 unspecified atom stereocenters. The summed E-state index contributed by atoms with van der Waals surface area (Å²) in [6.45, 7) is 2.77. The summed E-state index contributed by atoms with van der Waals surface area (Å²) < 4.78 is 11.7. The van der Waals surface area contributed by atoms with E-state index < -0.39 is 0 Å². The highest BCUT2D eigenvalue weighted by atomic mass is 16.5. The number of ether oxygens (including phenoxy) is 2. The topological polar surface area (TPSA) is 73.3 Å². The molecular weight excluding hydrogens is 342 g/mol. The molecule has 0 radical (unpaired) electrons. The second kappa shape index (κ2) is 7.72. The van der Waals surface area contributed by atoms with Crippen LogP contribution in [0, 0.1) is 0 Å². The monoisotopic (exact) mass is 363 g/mol. The Morgan fingerprint density at radius 2 is 2.11 bits per heavy atom. The highest BCUT2D eigenvalue weighted by Gasteiger charge is 2.22. The number of anilines is 1. The quantitative estimate of drug-likeness (QED) is 0.763. The fraction of sp³-hybridized carbons (Fsp3) is 0.286. The van der Waals surface area contributed by atoms with Crippen LogP contribution >= 0.6 is 0 Å². The molecule has 2 aromatic heterocycles. The van der Waals surface area contributed by atoms with Crippen LogP contribution in [0.5, 0.6) is 5.88 Å². The van der Waals surface area contributed by atoms with Crippen molar-refractivity contribution in [2.45, 2.75) is 32.0 Å². The van der Waals surface area contributed by atoms with Gasteiger partial charge in [-0.25, -0.2) is 4.98 Å². The summed E-state index contributed by atoms with van der Waals surface area (Å²) >= 11 is 0. The van der Waals surface area contributed by atoms with Gasteiger partial charge in [0.25, 0.3) is 5.91 Å². The largest absolute Gasteiger partial charge is 0.474 e. The molecule has 27 heavy (non-hydrogen) atoms. The Morgan fingerprint density at radius 1 is 1.19 bits per heavy atom. The van der Waals surface area contributed by atoms with E-state index in [0.717, 1.165) is 23.6 Å². The molecule has 0 spiro atoms. The van der Waals surface area contributed by atoms with Crippen molar-refractivity contribution in [1.82, 2.24) is 9.97 Å². The number of amides is 1. The Morgan fingerprint density at radius 3 is 2.93 bits per heavy atom. The average molecular weight is 363 g/mol. The molecule has 1 aromatic carbocycles. The summed E-state index contributed by atoms with van der Waals surface area (Å²) in [5, 5.41) is 4.76. The Balaban J connectivity index is 1.54. The standard InChI is InChI=1S/C21H21N3O3/c1-14-12-17(8-11-26-14)27-21-18-6-5-16(13-15(18)7-10-23-21)24-20(25)19-4-2-3-9-22-19/h2-7,9-10,13-14,17H,8,11-12H2,1H3,(H,24,25). The molecule has 6 heteroatoms.